The maximum absolute atomic E-state index is 6.62. The number of benzene rings is 1. The zero-order chi connectivity index (χ0) is 18.6. The summed E-state index contributed by atoms with van der Waals surface area (Å²) in [5.74, 6) is 1.14. The van der Waals surface area contributed by atoms with Gasteiger partial charge < -0.3 is 10.6 Å². The molecule has 6 N–H and O–H groups in total. The van der Waals surface area contributed by atoms with Crippen molar-refractivity contribution in [3.8, 4) is 0 Å². The van der Waals surface area contributed by atoms with Crippen molar-refractivity contribution < 1.29 is 0 Å². The molecule has 2 heterocycles. The van der Waals surface area contributed by atoms with E-state index in [1.54, 1.807) is 0 Å². The van der Waals surface area contributed by atoms with Gasteiger partial charge >= 0.3 is 0 Å². The topological polar surface area (TPSA) is 94.9 Å². The summed E-state index contributed by atoms with van der Waals surface area (Å²) < 4.78 is 0. The van der Waals surface area contributed by atoms with Crippen LogP contribution in [0.1, 0.15) is 31.2 Å². The van der Waals surface area contributed by atoms with Crippen LogP contribution in [0.15, 0.2) is 23.2 Å². The number of nitrogens with two attached hydrogens (primary N) is 2. The third kappa shape index (κ3) is 3.06. The number of nitrogens with zero attached hydrogens (tertiary/aromatic N) is 3. The Labute approximate surface area is 165 Å². The van der Waals surface area contributed by atoms with Crippen molar-refractivity contribution >= 4 is 23.2 Å². The summed E-state index contributed by atoms with van der Waals surface area (Å²) in [5.41, 5.74) is 19.4. The van der Waals surface area contributed by atoms with Crippen LogP contribution in [0, 0.1) is 11.8 Å². The van der Waals surface area contributed by atoms with Gasteiger partial charge in [-0.15, -0.1) is 0 Å². The van der Waals surface area contributed by atoms with Crippen LogP contribution >= 0.6 is 11.6 Å². The molecule has 5 rings (SSSR count). The Kier molecular flexibility index (Phi) is 4.23. The minimum atomic E-state index is -1.08. The van der Waals surface area contributed by atoms with E-state index in [9.17, 15) is 0 Å². The van der Waals surface area contributed by atoms with Gasteiger partial charge in [0.2, 0.25) is 11.7 Å². The van der Waals surface area contributed by atoms with Gasteiger partial charge in [0.25, 0.3) is 0 Å². The SMILES string of the molecule is NC1=NC(N)(c2ccc(N3CCN([C@H]4CC5CCC4C5)CC3)c(Cl)c2)NN1. The molecule has 3 unspecified atom stereocenters. The Morgan fingerprint density at radius 3 is 2.56 bits per heavy atom. The van der Waals surface area contributed by atoms with E-state index in [0.717, 1.165) is 55.3 Å². The molecule has 1 aromatic carbocycles. The van der Waals surface area contributed by atoms with E-state index in [2.05, 4.69) is 25.6 Å². The minimum Gasteiger partial charge on any atom is -0.369 e. The molecule has 0 spiro atoms. The summed E-state index contributed by atoms with van der Waals surface area (Å²) >= 11 is 6.62. The van der Waals surface area contributed by atoms with Crippen molar-refractivity contribution in [2.24, 2.45) is 28.3 Å². The molecule has 0 radical (unpaired) electrons. The molecule has 4 atom stereocenters. The molecule has 4 aliphatic rings. The van der Waals surface area contributed by atoms with Crippen LogP contribution in [0.3, 0.4) is 0 Å². The van der Waals surface area contributed by atoms with E-state index in [4.69, 9.17) is 23.1 Å². The Morgan fingerprint density at radius 1 is 1.15 bits per heavy atom. The summed E-state index contributed by atoms with van der Waals surface area (Å²) in [6, 6.07) is 6.73. The highest BCUT2D eigenvalue weighted by Crippen LogP contribution is 2.46. The fourth-order valence-electron chi connectivity index (χ4n) is 5.50. The van der Waals surface area contributed by atoms with E-state index in [1.165, 1.54) is 25.7 Å². The second-order valence-electron chi connectivity index (χ2n) is 8.44. The number of guanidine groups is 1. The number of halogens is 1. The van der Waals surface area contributed by atoms with Gasteiger partial charge in [0.05, 0.1) is 10.7 Å². The van der Waals surface area contributed by atoms with Crippen molar-refractivity contribution in [1.29, 1.82) is 0 Å². The molecule has 2 aliphatic carbocycles. The standard InChI is InChI=1S/C19H28ClN7/c20-15-11-14(19(22)23-18(21)24-25-19)3-4-16(15)26-5-7-27(8-6-26)17-10-12-1-2-13(17)9-12/h3-4,11-13,17,25H,1-2,5-10,22H2,(H3,21,23,24)/t12?,13?,17-,19?/m0/s1. The van der Waals surface area contributed by atoms with E-state index in [-0.39, 0.29) is 5.96 Å². The third-order valence-electron chi connectivity index (χ3n) is 6.89. The van der Waals surface area contributed by atoms with Crippen molar-refractivity contribution in [2.45, 2.75) is 37.5 Å². The maximum Gasteiger partial charge on any atom is 0.209 e. The lowest BCUT2D eigenvalue weighted by Crippen LogP contribution is -2.52. The lowest BCUT2D eigenvalue weighted by Gasteiger charge is -2.42. The molecule has 0 aromatic heterocycles. The average molecular weight is 390 g/mol. The molecule has 2 saturated carbocycles. The molecule has 7 nitrogen and oxygen atoms in total. The van der Waals surface area contributed by atoms with Crippen LogP contribution in [-0.2, 0) is 5.79 Å². The van der Waals surface area contributed by atoms with Crippen LogP contribution in [-0.4, -0.2) is 43.1 Å². The zero-order valence-corrected chi connectivity index (χ0v) is 16.3. The van der Waals surface area contributed by atoms with Crippen LogP contribution in [0.2, 0.25) is 5.02 Å². The van der Waals surface area contributed by atoms with Gasteiger partial charge in [-0.25, -0.2) is 4.99 Å². The second kappa shape index (κ2) is 6.51. The van der Waals surface area contributed by atoms with Crippen LogP contribution in [0.25, 0.3) is 0 Å². The average Bonchev–Trinajstić information content (AvgIpc) is 3.38. The third-order valence-corrected chi connectivity index (χ3v) is 7.19. The Hall–Kier alpha value is -1.54. The molecular weight excluding hydrogens is 362 g/mol. The quantitative estimate of drug-likeness (QED) is 0.619. The Balaban J connectivity index is 1.26. The number of rotatable bonds is 3. The normalized spacial score (nSPS) is 36.1. The lowest BCUT2D eigenvalue weighted by molar-refractivity contribution is 0.135. The van der Waals surface area contributed by atoms with Crippen LogP contribution in [0.5, 0.6) is 0 Å². The summed E-state index contributed by atoms with van der Waals surface area (Å²) in [6.45, 7) is 4.29. The first-order chi connectivity index (χ1) is 13.0. The Morgan fingerprint density at radius 2 is 1.96 bits per heavy atom. The van der Waals surface area contributed by atoms with Crippen LogP contribution < -0.4 is 27.2 Å². The number of nitrogens with one attached hydrogen (secondary N) is 2. The predicted molar refractivity (Wildman–Crippen MR) is 108 cm³/mol. The highest BCUT2D eigenvalue weighted by atomic mass is 35.5. The van der Waals surface area contributed by atoms with E-state index < -0.39 is 5.79 Å². The van der Waals surface area contributed by atoms with Gasteiger partial charge in [0.15, 0.2) is 0 Å². The molecule has 2 aliphatic heterocycles. The first kappa shape index (κ1) is 17.6. The van der Waals surface area contributed by atoms with E-state index >= 15 is 0 Å². The van der Waals surface area contributed by atoms with Crippen molar-refractivity contribution in [3.63, 3.8) is 0 Å². The largest absolute Gasteiger partial charge is 0.369 e. The molecule has 0 amide bonds. The maximum atomic E-state index is 6.62. The molecular formula is C19H28ClN7. The number of aliphatic imine (C=N–C) groups is 1. The van der Waals surface area contributed by atoms with Gasteiger partial charge in [-0.1, -0.05) is 24.1 Å². The highest BCUT2D eigenvalue weighted by molar-refractivity contribution is 6.33. The first-order valence-electron chi connectivity index (χ1n) is 9.98. The highest BCUT2D eigenvalue weighted by Gasteiger charge is 2.42. The summed E-state index contributed by atoms with van der Waals surface area (Å²) in [7, 11) is 0. The van der Waals surface area contributed by atoms with Crippen LogP contribution in [0.4, 0.5) is 5.69 Å². The predicted octanol–water partition coefficient (Wildman–Crippen LogP) is 1.14. The molecule has 1 saturated heterocycles. The van der Waals surface area contributed by atoms with Gasteiger partial charge in [-0.05, 0) is 43.2 Å². The summed E-state index contributed by atoms with van der Waals surface area (Å²) in [4.78, 5) is 9.33. The number of anilines is 1. The van der Waals surface area contributed by atoms with Gasteiger partial charge in [-0.2, -0.15) is 5.43 Å². The molecule has 146 valence electrons. The van der Waals surface area contributed by atoms with Crippen molar-refractivity contribution in [3.05, 3.63) is 28.8 Å². The fraction of sp³-hybridized carbons (Fsp3) is 0.632. The molecule has 27 heavy (non-hydrogen) atoms. The summed E-state index contributed by atoms with van der Waals surface area (Å²) in [5, 5.41) is 0.702. The van der Waals surface area contributed by atoms with Crippen molar-refractivity contribution in [1.82, 2.24) is 15.8 Å². The fourth-order valence-corrected chi connectivity index (χ4v) is 5.80. The first-order valence-corrected chi connectivity index (χ1v) is 10.4. The molecule has 2 bridgehead atoms. The number of piperazine rings is 1. The lowest BCUT2D eigenvalue weighted by atomic mass is 9.93. The smallest absolute Gasteiger partial charge is 0.209 e. The second-order valence-corrected chi connectivity index (χ2v) is 8.85. The molecule has 1 aromatic rings. The molecule has 8 heteroatoms. The van der Waals surface area contributed by atoms with Gasteiger partial charge in [0, 0.05) is 37.8 Å². The zero-order valence-electron chi connectivity index (χ0n) is 15.5. The van der Waals surface area contributed by atoms with E-state index in [1.807, 2.05) is 18.2 Å². The monoisotopic (exact) mass is 389 g/mol. The summed E-state index contributed by atoms with van der Waals surface area (Å²) in [6.07, 6.45) is 5.80. The number of fused-ring (bicyclic) bond motifs is 2. The van der Waals surface area contributed by atoms with Gasteiger partial charge in [-0.3, -0.25) is 16.1 Å². The number of hydrogen-bond acceptors (Lipinski definition) is 7. The minimum absolute atomic E-state index is 0.273. The van der Waals surface area contributed by atoms with E-state index in [0.29, 0.717) is 5.02 Å². The van der Waals surface area contributed by atoms with Crippen molar-refractivity contribution in [2.75, 3.05) is 31.1 Å². The molecule has 3 fully saturated rings. The van der Waals surface area contributed by atoms with Gasteiger partial charge in [0.1, 0.15) is 0 Å². The number of hydrogen-bond donors (Lipinski definition) is 4. The Bertz CT molecular complexity index is 760. The number of hydrazine groups is 1.